The molecule has 0 aliphatic rings. The van der Waals surface area contributed by atoms with E-state index in [2.05, 4.69) is 22.1 Å². The maximum absolute atomic E-state index is 13.1. The number of nitrogens with two attached hydrogens (primary N) is 1. The number of amides is 1. The van der Waals surface area contributed by atoms with Crippen molar-refractivity contribution in [3.8, 4) is 11.8 Å². The van der Waals surface area contributed by atoms with Crippen molar-refractivity contribution in [1.29, 1.82) is 0 Å². The monoisotopic (exact) mass is 283 g/mol. The van der Waals surface area contributed by atoms with Crippen LogP contribution in [0.1, 0.15) is 21.5 Å². The fraction of sp³-hybridized carbons (Fsp3) is 0.125. The quantitative estimate of drug-likeness (QED) is 0.829. The van der Waals surface area contributed by atoms with Gasteiger partial charge in [-0.15, -0.1) is 0 Å². The van der Waals surface area contributed by atoms with E-state index in [4.69, 9.17) is 5.73 Å². The molecule has 1 amide bonds. The standard InChI is InChI=1S/C16H14FN3O/c1-11-4-5-15(8-12(11)3-2-6-18)20-16(21)13-7-14(17)10-19-9-13/h4-5,7-10H,6,18H2,1H3,(H,20,21). The Kier molecular flexibility index (Phi) is 4.64. The topological polar surface area (TPSA) is 68.0 Å². The van der Waals surface area contributed by atoms with Gasteiger partial charge >= 0.3 is 0 Å². The van der Waals surface area contributed by atoms with Gasteiger partial charge in [-0.1, -0.05) is 17.9 Å². The minimum absolute atomic E-state index is 0.158. The van der Waals surface area contributed by atoms with Crippen molar-refractivity contribution in [2.45, 2.75) is 6.92 Å². The second-order valence-corrected chi connectivity index (χ2v) is 4.38. The number of aryl methyl sites for hydroxylation is 1. The number of rotatable bonds is 2. The lowest BCUT2D eigenvalue weighted by atomic mass is 10.1. The van der Waals surface area contributed by atoms with Crippen LogP contribution in [-0.2, 0) is 0 Å². The molecule has 1 aromatic heterocycles. The number of pyridine rings is 1. The van der Waals surface area contributed by atoms with Gasteiger partial charge < -0.3 is 11.1 Å². The number of carbonyl (C=O) groups is 1. The SMILES string of the molecule is Cc1ccc(NC(=O)c2cncc(F)c2)cc1C#CCN. The highest BCUT2D eigenvalue weighted by molar-refractivity contribution is 6.04. The van der Waals surface area contributed by atoms with E-state index in [0.717, 1.165) is 23.4 Å². The molecule has 5 heteroatoms. The zero-order valence-corrected chi connectivity index (χ0v) is 11.5. The summed E-state index contributed by atoms with van der Waals surface area (Å²) in [7, 11) is 0. The Balaban J connectivity index is 2.21. The van der Waals surface area contributed by atoms with Crippen LogP contribution < -0.4 is 11.1 Å². The van der Waals surface area contributed by atoms with Gasteiger partial charge in [0.25, 0.3) is 5.91 Å². The number of hydrogen-bond acceptors (Lipinski definition) is 3. The summed E-state index contributed by atoms with van der Waals surface area (Å²) in [5.41, 5.74) is 7.86. The third kappa shape index (κ3) is 3.88. The summed E-state index contributed by atoms with van der Waals surface area (Å²) in [5, 5.41) is 2.68. The van der Waals surface area contributed by atoms with Gasteiger partial charge in [0.2, 0.25) is 0 Å². The number of aromatic nitrogens is 1. The molecular weight excluding hydrogens is 269 g/mol. The molecule has 0 bridgehead atoms. The largest absolute Gasteiger partial charge is 0.322 e. The highest BCUT2D eigenvalue weighted by Crippen LogP contribution is 2.15. The summed E-state index contributed by atoms with van der Waals surface area (Å²) in [5.74, 6) is 4.73. The van der Waals surface area contributed by atoms with Gasteiger partial charge in [-0.25, -0.2) is 4.39 Å². The van der Waals surface area contributed by atoms with Gasteiger partial charge in [-0.3, -0.25) is 9.78 Å². The molecule has 2 aromatic rings. The Bertz CT molecular complexity index is 732. The smallest absolute Gasteiger partial charge is 0.257 e. The molecule has 0 atom stereocenters. The molecule has 0 fully saturated rings. The van der Waals surface area contributed by atoms with Crippen molar-refractivity contribution in [2.75, 3.05) is 11.9 Å². The van der Waals surface area contributed by atoms with E-state index in [1.807, 2.05) is 13.0 Å². The molecule has 0 radical (unpaired) electrons. The average molecular weight is 283 g/mol. The Labute approximate surface area is 122 Å². The molecule has 1 aromatic carbocycles. The maximum atomic E-state index is 13.1. The van der Waals surface area contributed by atoms with E-state index in [-0.39, 0.29) is 12.1 Å². The molecule has 3 N–H and O–H groups in total. The van der Waals surface area contributed by atoms with Crippen LogP contribution in [0.5, 0.6) is 0 Å². The second-order valence-electron chi connectivity index (χ2n) is 4.38. The fourth-order valence-electron chi connectivity index (χ4n) is 1.72. The molecule has 0 saturated heterocycles. The van der Waals surface area contributed by atoms with E-state index in [0.29, 0.717) is 5.69 Å². The maximum Gasteiger partial charge on any atom is 0.257 e. The molecule has 0 spiro atoms. The molecule has 0 saturated carbocycles. The second kappa shape index (κ2) is 6.64. The molecule has 4 nitrogen and oxygen atoms in total. The summed E-state index contributed by atoms with van der Waals surface area (Å²) >= 11 is 0. The fourth-order valence-corrected chi connectivity index (χ4v) is 1.72. The first-order chi connectivity index (χ1) is 10.1. The summed E-state index contributed by atoms with van der Waals surface area (Å²) in [6.45, 7) is 2.19. The van der Waals surface area contributed by atoms with Crippen LogP contribution in [0.25, 0.3) is 0 Å². The average Bonchev–Trinajstić information content (AvgIpc) is 2.47. The zero-order valence-electron chi connectivity index (χ0n) is 11.5. The molecule has 0 aliphatic carbocycles. The molecule has 1 heterocycles. The van der Waals surface area contributed by atoms with Gasteiger partial charge in [0.05, 0.1) is 18.3 Å². The molecule has 0 unspecified atom stereocenters. The van der Waals surface area contributed by atoms with Crippen molar-refractivity contribution >= 4 is 11.6 Å². The molecule has 2 rings (SSSR count). The lowest BCUT2D eigenvalue weighted by Gasteiger charge is -2.07. The first-order valence-corrected chi connectivity index (χ1v) is 6.31. The lowest BCUT2D eigenvalue weighted by Crippen LogP contribution is -2.12. The van der Waals surface area contributed by atoms with Gasteiger partial charge in [0, 0.05) is 17.4 Å². The Morgan fingerprint density at radius 2 is 2.19 bits per heavy atom. The van der Waals surface area contributed by atoms with Gasteiger partial charge in [0.1, 0.15) is 5.82 Å². The Morgan fingerprint density at radius 1 is 1.38 bits per heavy atom. The van der Waals surface area contributed by atoms with E-state index < -0.39 is 11.7 Å². The van der Waals surface area contributed by atoms with Crippen LogP contribution in [0.2, 0.25) is 0 Å². The van der Waals surface area contributed by atoms with Gasteiger partial charge in [0.15, 0.2) is 0 Å². The van der Waals surface area contributed by atoms with Crippen molar-refractivity contribution in [2.24, 2.45) is 5.73 Å². The molecule has 106 valence electrons. The summed E-state index contributed by atoms with van der Waals surface area (Å²) in [6.07, 6.45) is 2.35. The number of benzene rings is 1. The van der Waals surface area contributed by atoms with Crippen LogP contribution in [0.3, 0.4) is 0 Å². The summed E-state index contributed by atoms with van der Waals surface area (Å²) in [4.78, 5) is 15.6. The van der Waals surface area contributed by atoms with Crippen molar-refractivity contribution in [3.05, 3.63) is 59.2 Å². The number of anilines is 1. The number of halogens is 1. The van der Waals surface area contributed by atoms with Crippen LogP contribution in [0.4, 0.5) is 10.1 Å². The van der Waals surface area contributed by atoms with Crippen LogP contribution in [0.15, 0.2) is 36.7 Å². The number of hydrogen-bond donors (Lipinski definition) is 2. The zero-order chi connectivity index (χ0) is 15.2. The van der Waals surface area contributed by atoms with Gasteiger partial charge in [-0.05, 0) is 30.7 Å². The predicted molar refractivity (Wildman–Crippen MR) is 79.3 cm³/mol. The number of carbonyl (C=O) groups excluding carboxylic acids is 1. The van der Waals surface area contributed by atoms with Crippen molar-refractivity contribution < 1.29 is 9.18 Å². The van der Waals surface area contributed by atoms with Crippen LogP contribution in [0, 0.1) is 24.6 Å². The highest BCUT2D eigenvalue weighted by Gasteiger charge is 2.08. The van der Waals surface area contributed by atoms with E-state index in [1.54, 1.807) is 12.1 Å². The lowest BCUT2D eigenvalue weighted by molar-refractivity contribution is 0.102. The first-order valence-electron chi connectivity index (χ1n) is 6.31. The Morgan fingerprint density at radius 3 is 2.90 bits per heavy atom. The highest BCUT2D eigenvalue weighted by atomic mass is 19.1. The minimum atomic E-state index is -0.555. The minimum Gasteiger partial charge on any atom is -0.322 e. The van der Waals surface area contributed by atoms with E-state index in [9.17, 15) is 9.18 Å². The summed E-state index contributed by atoms with van der Waals surface area (Å²) < 4.78 is 13.1. The normalized spacial score (nSPS) is 9.67. The molecule has 21 heavy (non-hydrogen) atoms. The summed E-state index contributed by atoms with van der Waals surface area (Å²) in [6, 6.07) is 6.49. The third-order valence-electron chi connectivity index (χ3n) is 2.79. The van der Waals surface area contributed by atoms with Gasteiger partial charge in [-0.2, -0.15) is 0 Å². The number of nitrogens with one attached hydrogen (secondary N) is 1. The number of nitrogens with zero attached hydrogens (tertiary/aromatic N) is 1. The predicted octanol–water partition coefficient (Wildman–Crippen LogP) is 2.09. The van der Waals surface area contributed by atoms with Crippen LogP contribution >= 0.6 is 0 Å². The van der Waals surface area contributed by atoms with E-state index in [1.165, 1.54) is 6.20 Å². The van der Waals surface area contributed by atoms with Crippen LogP contribution in [-0.4, -0.2) is 17.4 Å². The molecule has 0 aliphatic heterocycles. The van der Waals surface area contributed by atoms with Crippen molar-refractivity contribution in [3.63, 3.8) is 0 Å². The molecular formula is C16H14FN3O. The Hall–Kier alpha value is -2.71. The first kappa shape index (κ1) is 14.7. The van der Waals surface area contributed by atoms with Crippen molar-refractivity contribution in [1.82, 2.24) is 4.98 Å². The van der Waals surface area contributed by atoms with E-state index >= 15 is 0 Å². The third-order valence-corrected chi connectivity index (χ3v) is 2.79.